The maximum Gasteiger partial charge on any atom is 0.335 e. The maximum atomic E-state index is 14.8. The number of halogens is 5. The van der Waals surface area contributed by atoms with Gasteiger partial charge in [0.05, 0.1) is 23.5 Å². The van der Waals surface area contributed by atoms with Gasteiger partial charge in [-0.15, -0.1) is 0 Å². The molecule has 1 aliphatic heterocycles. The molecule has 1 saturated carbocycles. The molecule has 1 aliphatic carbocycles. The fourth-order valence-corrected chi connectivity index (χ4v) is 5.74. The molecule has 200 valence electrons. The van der Waals surface area contributed by atoms with Crippen molar-refractivity contribution in [3.05, 3.63) is 87.9 Å². The van der Waals surface area contributed by atoms with Crippen LogP contribution in [0.2, 0.25) is 5.02 Å². The van der Waals surface area contributed by atoms with Gasteiger partial charge in [-0.2, -0.15) is 0 Å². The van der Waals surface area contributed by atoms with Crippen molar-refractivity contribution in [2.45, 2.75) is 37.8 Å². The summed E-state index contributed by atoms with van der Waals surface area (Å²) in [6.07, 6.45) is 4.58. The second-order valence-corrected chi connectivity index (χ2v) is 10.2. The lowest BCUT2D eigenvalue weighted by Crippen LogP contribution is -2.51. The molecule has 1 unspecified atom stereocenters. The summed E-state index contributed by atoms with van der Waals surface area (Å²) in [5.41, 5.74) is -0.318. The number of carboxylic acid groups (broad SMARTS) is 1. The van der Waals surface area contributed by atoms with Crippen LogP contribution < -0.4 is 15.4 Å². The molecule has 1 atom stereocenters. The highest BCUT2D eigenvalue weighted by Gasteiger charge is 2.49. The van der Waals surface area contributed by atoms with Crippen molar-refractivity contribution in [2.24, 2.45) is 11.8 Å². The fraction of sp³-hybridized carbons (Fsp3) is 0.321. The first-order chi connectivity index (χ1) is 18.2. The third-order valence-corrected chi connectivity index (χ3v) is 7.70. The van der Waals surface area contributed by atoms with Gasteiger partial charge in [-0.1, -0.05) is 43.0 Å². The lowest BCUT2D eigenvalue weighted by Gasteiger charge is -2.44. The Morgan fingerprint density at radius 1 is 0.921 bits per heavy atom. The summed E-state index contributed by atoms with van der Waals surface area (Å²) >= 11 is 6.14. The molecular weight excluding hydrogens is 524 g/mol. The third kappa shape index (κ3) is 4.87. The highest BCUT2D eigenvalue weighted by molar-refractivity contribution is 6.30. The predicted molar refractivity (Wildman–Crippen MR) is 136 cm³/mol. The van der Waals surface area contributed by atoms with Gasteiger partial charge >= 0.3 is 5.97 Å². The Kier molecular flexibility index (Phi) is 7.13. The molecule has 0 bridgehead atoms. The highest BCUT2D eigenvalue weighted by Crippen LogP contribution is 2.49. The quantitative estimate of drug-likeness (QED) is 0.266. The lowest BCUT2D eigenvalue weighted by atomic mass is 9.72. The molecule has 0 aromatic heterocycles. The Morgan fingerprint density at radius 2 is 1.47 bits per heavy atom. The van der Waals surface area contributed by atoms with Gasteiger partial charge in [-0.25, -0.2) is 22.4 Å². The number of carboxylic acids is 1. The summed E-state index contributed by atoms with van der Waals surface area (Å²) in [6, 6.07) is 10.5. The Balaban J connectivity index is 1.57. The van der Waals surface area contributed by atoms with Crippen molar-refractivity contribution in [1.82, 2.24) is 0 Å². The highest BCUT2D eigenvalue weighted by atomic mass is 35.5. The molecule has 0 spiro atoms. The average molecular weight is 549 g/mol. The molecule has 38 heavy (non-hydrogen) atoms. The minimum absolute atomic E-state index is 0.0212. The normalized spacial score (nSPS) is 17.3. The Morgan fingerprint density at radius 3 is 2.00 bits per heavy atom. The largest absolute Gasteiger partial charge is 0.487 e. The molecular formula is C28H25ClF4N2O3. The van der Waals surface area contributed by atoms with E-state index in [4.69, 9.17) is 21.4 Å². The van der Waals surface area contributed by atoms with Gasteiger partial charge < -0.3 is 20.5 Å². The molecule has 5 nitrogen and oxygen atoms in total. The second-order valence-electron chi connectivity index (χ2n) is 9.77. The summed E-state index contributed by atoms with van der Waals surface area (Å²) in [5, 5.41) is 16.3. The standard InChI is InChI=1S/C28H25ClF4N2O3/c29-18-8-6-17(7-9-18)28(34-24-12-20(30)21(31)13-25(24)35-28)19(15-4-2-1-3-5-15)14-38-26-22(32)10-16(27(36)37)11-23(26)33/h6-13,15,19,34-35H,1-5,14H2,(H,36,37). The number of hydrogen-bond donors (Lipinski definition) is 3. The van der Waals surface area contributed by atoms with E-state index in [9.17, 15) is 22.4 Å². The first-order valence-corrected chi connectivity index (χ1v) is 12.7. The maximum absolute atomic E-state index is 14.8. The molecule has 5 rings (SSSR count). The van der Waals surface area contributed by atoms with Crippen molar-refractivity contribution in [1.29, 1.82) is 0 Å². The van der Waals surface area contributed by atoms with Crippen LogP contribution in [-0.4, -0.2) is 17.7 Å². The Hall–Kier alpha value is -3.46. The van der Waals surface area contributed by atoms with Crippen molar-refractivity contribution < 1.29 is 32.2 Å². The van der Waals surface area contributed by atoms with Crippen LogP contribution in [0.1, 0.15) is 48.0 Å². The zero-order valence-electron chi connectivity index (χ0n) is 20.2. The van der Waals surface area contributed by atoms with Crippen molar-refractivity contribution in [2.75, 3.05) is 17.2 Å². The van der Waals surface area contributed by atoms with Crippen LogP contribution in [0.5, 0.6) is 5.75 Å². The predicted octanol–water partition coefficient (Wildman–Crippen LogP) is 7.56. The summed E-state index contributed by atoms with van der Waals surface area (Å²) in [5.74, 6) is -6.90. The van der Waals surface area contributed by atoms with Gasteiger partial charge in [0, 0.05) is 23.1 Å². The molecule has 10 heteroatoms. The van der Waals surface area contributed by atoms with Gasteiger partial charge in [0.2, 0.25) is 0 Å². The van der Waals surface area contributed by atoms with Gasteiger partial charge in [-0.3, -0.25) is 0 Å². The van der Waals surface area contributed by atoms with Gasteiger partial charge in [-0.05, 0) is 48.6 Å². The van der Waals surface area contributed by atoms with E-state index in [0.717, 1.165) is 44.2 Å². The van der Waals surface area contributed by atoms with E-state index >= 15 is 0 Å². The third-order valence-electron chi connectivity index (χ3n) is 7.45. The summed E-state index contributed by atoms with van der Waals surface area (Å²) in [7, 11) is 0. The minimum atomic E-state index is -1.47. The molecule has 3 N–H and O–H groups in total. The Labute approximate surface area is 221 Å². The van der Waals surface area contributed by atoms with E-state index in [-0.39, 0.29) is 12.5 Å². The van der Waals surface area contributed by atoms with Crippen LogP contribution in [0.3, 0.4) is 0 Å². The first-order valence-electron chi connectivity index (χ1n) is 12.3. The summed E-state index contributed by atoms with van der Waals surface area (Å²) < 4.78 is 63.6. The number of hydrogen-bond acceptors (Lipinski definition) is 4. The van der Waals surface area contributed by atoms with Crippen LogP contribution in [0.4, 0.5) is 28.9 Å². The lowest BCUT2D eigenvalue weighted by molar-refractivity contribution is 0.0695. The molecule has 0 amide bonds. The van der Waals surface area contributed by atoms with E-state index in [0.29, 0.717) is 34.1 Å². The summed E-state index contributed by atoms with van der Waals surface area (Å²) in [6.45, 7) is -0.174. The number of benzene rings is 3. The molecule has 1 fully saturated rings. The van der Waals surface area contributed by atoms with Crippen molar-refractivity contribution in [3.8, 4) is 5.75 Å². The number of anilines is 2. The number of ether oxygens (including phenoxy) is 1. The van der Waals surface area contributed by atoms with Crippen LogP contribution in [0, 0.1) is 35.1 Å². The fourth-order valence-electron chi connectivity index (χ4n) is 5.61. The zero-order valence-corrected chi connectivity index (χ0v) is 20.9. The van der Waals surface area contributed by atoms with E-state index in [2.05, 4.69) is 10.6 Å². The SMILES string of the molecule is O=C(O)c1cc(F)c(OCC(C2CCCCC2)C2(c3ccc(Cl)cc3)Nc3cc(F)c(F)cc3N2)c(F)c1. The molecule has 2 aliphatic rings. The molecule has 3 aromatic rings. The topological polar surface area (TPSA) is 70.6 Å². The smallest absolute Gasteiger partial charge is 0.335 e. The van der Waals surface area contributed by atoms with Crippen LogP contribution in [-0.2, 0) is 5.66 Å². The first kappa shape index (κ1) is 26.2. The monoisotopic (exact) mass is 548 g/mol. The summed E-state index contributed by atoms with van der Waals surface area (Å²) in [4.78, 5) is 11.2. The molecule has 0 saturated heterocycles. The van der Waals surface area contributed by atoms with Crippen LogP contribution in [0.15, 0.2) is 48.5 Å². The Bertz CT molecular complexity index is 1310. The zero-order chi connectivity index (χ0) is 27.0. The number of nitrogens with one attached hydrogen (secondary N) is 2. The minimum Gasteiger partial charge on any atom is -0.487 e. The second kappa shape index (κ2) is 10.4. The van der Waals surface area contributed by atoms with Gasteiger partial charge in [0.25, 0.3) is 0 Å². The van der Waals surface area contributed by atoms with Gasteiger partial charge in [0.15, 0.2) is 29.0 Å². The number of fused-ring (bicyclic) bond motifs is 1. The number of carbonyl (C=O) groups is 1. The van der Waals surface area contributed by atoms with E-state index in [1.54, 1.807) is 24.3 Å². The van der Waals surface area contributed by atoms with Crippen molar-refractivity contribution in [3.63, 3.8) is 0 Å². The average Bonchev–Trinajstić information content (AvgIpc) is 3.25. The van der Waals surface area contributed by atoms with E-state index < -0.39 is 52.1 Å². The molecule has 3 aromatic carbocycles. The van der Waals surface area contributed by atoms with E-state index in [1.165, 1.54) is 0 Å². The number of rotatable bonds is 7. The van der Waals surface area contributed by atoms with Gasteiger partial charge in [0.1, 0.15) is 5.66 Å². The van der Waals surface area contributed by atoms with Crippen molar-refractivity contribution >= 4 is 28.9 Å². The molecule has 1 heterocycles. The van der Waals surface area contributed by atoms with Crippen LogP contribution >= 0.6 is 11.6 Å². The number of aromatic carboxylic acids is 1. The van der Waals surface area contributed by atoms with E-state index in [1.807, 2.05) is 0 Å². The molecule has 0 radical (unpaired) electrons. The van der Waals surface area contributed by atoms with Crippen LogP contribution in [0.25, 0.3) is 0 Å².